The maximum absolute atomic E-state index is 13.1. The molecule has 4 N–H and O–H groups in total. The molecule has 0 bridgehead atoms. The summed E-state index contributed by atoms with van der Waals surface area (Å²) in [6.45, 7) is 1.43. The molecule has 0 radical (unpaired) electrons. The van der Waals surface area contributed by atoms with Crippen molar-refractivity contribution in [3.8, 4) is 0 Å². The van der Waals surface area contributed by atoms with Crippen LogP contribution in [0.15, 0.2) is 91.0 Å². The number of rotatable bonds is 19. The molecule has 2 unspecified atom stereocenters. The SMILES string of the molecule is CCOC(=O)C(N)CCC(=O)NC(CSC(=O)CCCCP(Br)(c1ccccc1)(c1ccccc1)c1ccccc1)C(=O)NCC(=O)OC. The molecule has 3 aromatic rings. The van der Waals surface area contributed by atoms with E-state index in [0.29, 0.717) is 6.42 Å². The van der Waals surface area contributed by atoms with Gasteiger partial charge in [0.2, 0.25) is 0 Å². The summed E-state index contributed by atoms with van der Waals surface area (Å²) in [5.41, 5.74) is 5.79. The summed E-state index contributed by atoms with van der Waals surface area (Å²) in [5.74, 6) is -2.49. The van der Waals surface area contributed by atoms with Gasteiger partial charge in [-0.05, 0) is 6.92 Å². The fourth-order valence-corrected chi connectivity index (χ4v) is 14.1. The Kier molecular flexibility index (Phi) is 15.9. The first-order chi connectivity index (χ1) is 23.5. The van der Waals surface area contributed by atoms with E-state index in [0.717, 1.165) is 24.3 Å². The van der Waals surface area contributed by atoms with Crippen LogP contribution in [0.3, 0.4) is 0 Å². The summed E-state index contributed by atoms with van der Waals surface area (Å²) in [5, 5.41) is 5.39. The summed E-state index contributed by atoms with van der Waals surface area (Å²) in [6.07, 6.45) is 2.28. The molecule has 10 nitrogen and oxygen atoms in total. The second kappa shape index (κ2) is 19.6. The van der Waals surface area contributed by atoms with Gasteiger partial charge in [-0.3, -0.25) is 9.59 Å². The van der Waals surface area contributed by atoms with E-state index >= 15 is 0 Å². The topological polar surface area (TPSA) is 154 Å². The van der Waals surface area contributed by atoms with E-state index in [2.05, 4.69) is 104 Å². The number of nitrogens with two attached hydrogens (primary N) is 1. The van der Waals surface area contributed by atoms with Crippen molar-refractivity contribution in [2.75, 3.05) is 32.2 Å². The van der Waals surface area contributed by atoms with Crippen LogP contribution >= 0.6 is 32.6 Å². The van der Waals surface area contributed by atoms with Gasteiger partial charge in [0, 0.05) is 0 Å². The van der Waals surface area contributed by atoms with E-state index < -0.39 is 47.7 Å². The number of amides is 2. The first kappa shape index (κ1) is 39.9. The fraction of sp³-hybridized carbons (Fsp3) is 0.361. The van der Waals surface area contributed by atoms with Crippen molar-refractivity contribution in [1.82, 2.24) is 10.6 Å². The minimum absolute atomic E-state index is 0.0147. The molecule has 0 aliphatic carbocycles. The van der Waals surface area contributed by atoms with Crippen molar-refractivity contribution < 1.29 is 33.4 Å². The zero-order valence-electron chi connectivity index (χ0n) is 27.8. The van der Waals surface area contributed by atoms with Gasteiger partial charge in [-0.25, -0.2) is 0 Å². The monoisotopic (exact) mass is 773 g/mol. The Bertz CT molecular complexity index is 1450. The van der Waals surface area contributed by atoms with Crippen LogP contribution in [0.4, 0.5) is 0 Å². The summed E-state index contributed by atoms with van der Waals surface area (Å²) in [7, 11) is 1.19. The molecule has 49 heavy (non-hydrogen) atoms. The molecule has 2 atom stereocenters. The van der Waals surface area contributed by atoms with Crippen LogP contribution in [0, 0.1) is 0 Å². The standard InChI is InChI=1S/C36H45BrN3O7PS/c1-3-47-36(45)30(38)22-23-32(41)40-31(35(44)39-25-33(42)46-2)26-49-34(43)21-13-14-24-48(37,27-15-7-4-8-16-27,28-17-9-5-10-18-28)29-19-11-6-12-20-29/h4-12,15-20,30-31H,3,13-14,21-26,38H2,1-2H3,(H,39,44)(H,40,41). The molecule has 0 spiro atoms. The van der Waals surface area contributed by atoms with Crippen molar-refractivity contribution in [1.29, 1.82) is 0 Å². The van der Waals surface area contributed by atoms with Gasteiger partial charge in [0.05, 0.1) is 13.7 Å². The Morgan fingerprint density at radius 1 is 0.837 bits per heavy atom. The fourth-order valence-electron chi connectivity index (χ4n) is 5.44. The molecule has 264 valence electrons. The van der Waals surface area contributed by atoms with Crippen LogP contribution in [0.25, 0.3) is 0 Å². The van der Waals surface area contributed by atoms with Crippen molar-refractivity contribution in [2.45, 2.75) is 51.1 Å². The minimum Gasteiger partial charge on any atom is -0.468 e. The Morgan fingerprint density at radius 2 is 1.37 bits per heavy atom. The molecule has 0 aromatic heterocycles. The molecule has 0 fully saturated rings. The number of thioether (sulfide) groups is 1. The molecule has 0 aliphatic heterocycles. The van der Waals surface area contributed by atoms with Gasteiger partial charge >= 0.3 is 250 Å². The summed E-state index contributed by atoms with van der Waals surface area (Å²) < 4.78 is 9.45. The molecule has 0 heterocycles. The number of ether oxygens (including phenoxy) is 2. The van der Waals surface area contributed by atoms with Gasteiger partial charge in [-0.2, -0.15) is 0 Å². The predicted molar refractivity (Wildman–Crippen MR) is 201 cm³/mol. The summed E-state index contributed by atoms with van der Waals surface area (Å²) in [6, 6.07) is 29.2. The Hall–Kier alpha value is -3.57. The van der Waals surface area contributed by atoms with Crippen molar-refractivity contribution in [3.05, 3.63) is 91.0 Å². The molecule has 13 heteroatoms. The molecule has 2 amide bonds. The number of halogens is 1. The number of hydrogen-bond donors (Lipinski definition) is 3. The van der Waals surface area contributed by atoms with E-state index in [1.807, 2.05) is 18.2 Å². The average molecular weight is 775 g/mol. The zero-order valence-corrected chi connectivity index (χ0v) is 31.1. The van der Waals surface area contributed by atoms with Crippen molar-refractivity contribution >= 4 is 77.3 Å². The third kappa shape index (κ3) is 11.0. The first-order valence-electron chi connectivity index (χ1n) is 16.1. The minimum atomic E-state index is -3.12. The van der Waals surface area contributed by atoms with Crippen molar-refractivity contribution in [2.24, 2.45) is 5.73 Å². The molecular formula is C36H45BrN3O7PS. The smallest absolute Gasteiger partial charge is 0.468 e. The van der Waals surface area contributed by atoms with Gasteiger partial charge in [-0.1, -0.05) is 0 Å². The number of hydrogen-bond acceptors (Lipinski definition) is 9. The Labute approximate surface area is 300 Å². The third-order valence-electron chi connectivity index (χ3n) is 8.06. The summed E-state index contributed by atoms with van der Waals surface area (Å²) in [4.78, 5) is 62.1. The van der Waals surface area contributed by atoms with E-state index in [9.17, 15) is 24.0 Å². The molecule has 3 rings (SSSR count). The molecule has 0 aliphatic rings. The molecule has 3 aromatic carbocycles. The van der Waals surface area contributed by atoms with Gasteiger partial charge in [0.15, 0.2) is 0 Å². The van der Waals surface area contributed by atoms with Crippen molar-refractivity contribution in [3.63, 3.8) is 0 Å². The van der Waals surface area contributed by atoms with E-state index in [-0.39, 0.29) is 36.7 Å². The van der Waals surface area contributed by atoms with Crippen LogP contribution in [0.2, 0.25) is 0 Å². The Morgan fingerprint density at radius 3 is 1.86 bits per heavy atom. The van der Waals surface area contributed by atoms with E-state index in [1.54, 1.807) is 6.92 Å². The van der Waals surface area contributed by atoms with Crippen LogP contribution < -0.4 is 32.3 Å². The van der Waals surface area contributed by atoms with Crippen LogP contribution in [-0.2, 0) is 33.4 Å². The number of unbranched alkanes of at least 4 members (excludes halogenated alkanes) is 1. The second-order valence-electron chi connectivity index (χ2n) is 11.4. The van der Waals surface area contributed by atoms with E-state index in [4.69, 9.17) is 10.5 Å². The predicted octanol–water partition coefficient (Wildman–Crippen LogP) is 3.70. The molecule has 0 saturated carbocycles. The van der Waals surface area contributed by atoms with Gasteiger partial charge < -0.3 is 15.2 Å². The zero-order chi connectivity index (χ0) is 35.7. The molecule has 0 saturated heterocycles. The average Bonchev–Trinajstić information content (AvgIpc) is 3.14. The second-order valence-corrected chi connectivity index (χ2v) is 21.5. The number of benzene rings is 3. The van der Waals surface area contributed by atoms with Crippen LogP contribution in [0.5, 0.6) is 0 Å². The number of esters is 2. The van der Waals surface area contributed by atoms with Gasteiger partial charge in [-0.15, -0.1) is 0 Å². The number of nitrogens with one attached hydrogen (secondary N) is 2. The van der Waals surface area contributed by atoms with Gasteiger partial charge in [0.25, 0.3) is 0 Å². The Balaban J connectivity index is 1.68. The first-order valence-corrected chi connectivity index (χ1v) is 21.6. The van der Waals surface area contributed by atoms with Gasteiger partial charge in [0.1, 0.15) is 6.04 Å². The third-order valence-corrected chi connectivity index (χ3v) is 19.1. The van der Waals surface area contributed by atoms with Crippen LogP contribution in [-0.4, -0.2) is 73.1 Å². The molecular weight excluding hydrogens is 729 g/mol. The quantitative estimate of drug-likeness (QED) is 0.0941. The van der Waals surface area contributed by atoms with E-state index in [1.165, 1.54) is 23.0 Å². The number of carbonyl (C=O) groups excluding carboxylic acids is 5. The van der Waals surface area contributed by atoms with Crippen LogP contribution in [0.1, 0.15) is 39.0 Å². The number of carbonyl (C=O) groups is 5. The summed E-state index contributed by atoms with van der Waals surface area (Å²) >= 11 is 5.38. The number of methoxy groups -OCH3 is 1. The maximum atomic E-state index is 13.1. The normalized spacial score (nSPS) is 13.2.